The lowest BCUT2D eigenvalue weighted by molar-refractivity contribution is 0.351. The van der Waals surface area contributed by atoms with E-state index in [0.717, 1.165) is 23.2 Å². The minimum atomic E-state index is -0.755. The molecule has 8 nitrogen and oxygen atoms in total. The molecule has 1 unspecified atom stereocenters. The smallest absolute Gasteiger partial charge is 0.223 e. The van der Waals surface area contributed by atoms with Crippen LogP contribution < -0.4 is 14.2 Å². The Morgan fingerprint density at radius 1 is 1.13 bits per heavy atom. The number of aromatic nitrogens is 2. The number of anilines is 1. The third kappa shape index (κ3) is 4.65. The second-order valence-electron chi connectivity index (χ2n) is 6.11. The van der Waals surface area contributed by atoms with E-state index in [1.165, 1.54) is 33.5 Å². The monoisotopic (exact) mass is 432 g/mol. The predicted molar refractivity (Wildman–Crippen MR) is 113 cm³/mol. The SMILES string of the molecule is COC(=N)C(SNc1ccc(-c2noc(C)n2)cc1)c1cc(OC)c(OC)cc1F. The van der Waals surface area contributed by atoms with Crippen LogP contribution in [0.4, 0.5) is 10.1 Å². The van der Waals surface area contributed by atoms with Crippen molar-refractivity contribution in [2.75, 3.05) is 26.1 Å². The van der Waals surface area contributed by atoms with Gasteiger partial charge in [-0.2, -0.15) is 4.98 Å². The van der Waals surface area contributed by atoms with Crippen molar-refractivity contribution in [1.29, 1.82) is 5.41 Å². The van der Waals surface area contributed by atoms with E-state index < -0.39 is 11.1 Å². The first kappa shape index (κ1) is 21.4. The molecule has 0 amide bonds. The Morgan fingerprint density at radius 2 is 1.80 bits per heavy atom. The average molecular weight is 432 g/mol. The maximum atomic E-state index is 14.7. The minimum Gasteiger partial charge on any atom is -0.493 e. The molecule has 0 spiro atoms. The molecule has 1 atom stereocenters. The van der Waals surface area contributed by atoms with Gasteiger partial charge in [-0.15, -0.1) is 0 Å². The molecule has 0 aliphatic carbocycles. The second-order valence-corrected chi connectivity index (χ2v) is 7.02. The standard InChI is InChI=1S/C20H21FN4O4S/c1-11-23-20(24-29-11)12-5-7-13(8-6-12)25-30-18(19(22)28-4)14-9-16(26-2)17(27-3)10-15(14)21/h5-10,18,22,25H,1-4H3. The summed E-state index contributed by atoms with van der Waals surface area (Å²) in [4.78, 5) is 4.19. The topological polar surface area (TPSA) is 102 Å². The third-order valence-corrected chi connectivity index (χ3v) is 5.27. The van der Waals surface area contributed by atoms with E-state index in [4.69, 9.17) is 24.1 Å². The summed E-state index contributed by atoms with van der Waals surface area (Å²) in [6, 6.07) is 10.1. The first-order chi connectivity index (χ1) is 14.5. The number of nitrogens with one attached hydrogen (secondary N) is 2. The van der Waals surface area contributed by atoms with E-state index >= 15 is 0 Å². The van der Waals surface area contributed by atoms with Crippen LogP contribution in [-0.2, 0) is 4.74 Å². The highest BCUT2D eigenvalue weighted by Crippen LogP contribution is 2.38. The average Bonchev–Trinajstić information content (AvgIpc) is 3.20. The first-order valence-corrected chi connectivity index (χ1v) is 9.71. The molecule has 0 aliphatic rings. The molecule has 0 radical (unpaired) electrons. The maximum Gasteiger partial charge on any atom is 0.223 e. The molecule has 0 aliphatic heterocycles. The molecule has 10 heteroatoms. The van der Waals surface area contributed by atoms with Crippen molar-refractivity contribution < 1.29 is 23.1 Å². The number of rotatable bonds is 8. The molecule has 0 saturated heterocycles. The number of hydrogen-bond donors (Lipinski definition) is 2. The molecule has 2 aromatic carbocycles. The van der Waals surface area contributed by atoms with Gasteiger partial charge in [-0.25, -0.2) is 4.39 Å². The van der Waals surface area contributed by atoms with Crippen molar-refractivity contribution in [1.82, 2.24) is 10.1 Å². The van der Waals surface area contributed by atoms with Crippen molar-refractivity contribution >= 4 is 23.5 Å². The normalized spacial score (nSPS) is 11.6. The summed E-state index contributed by atoms with van der Waals surface area (Å²) < 4.78 is 38.3. The van der Waals surface area contributed by atoms with Crippen LogP contribution >= 0.6 is 11.9 Å². The highest BCUT2D eigenvalue weighted by molar-refractivity contribution is 8.01. The van der Waals surface area contributed by atoms with Gasteiger partial charge in [0.05, 0.1) is 21.3 Å². The molecular formula is C20H21FN4O4S. The highest BCUT2D eigenvalue weighted by Gasteiger charge is 2.25. The van der Waals surface area contributed by atoms with Crippen LogP contribution in [0.15, 0.2) is 40.9 Å². The van der Waals surface area contributed by atoms with Crippen molar-refractivity contribution in [3.8, 4) is 22.9 Å². The number of ether oxygens (including phenoxy) is 3. The van der Waals surface area contributed by atoms with Gasteiger partial charge in [0.1, 0.15) is 11.1 Å². The quantitative estimate of drug-likeness (QED) is 0.302. The van der Waals surface area contributed by atoms with Crippen LogP contribution in [0.3, 0.4) is 0 Å². The molecule has 0 saturated carbocycles. The van der Waals surface area contributed by atoms with Crippen LogP contribution in [0.1, 0.15) is 16.7 Å². The minimum absolute atomic E-state index is 0.113. The van der Waals surface area contributed by atoms with Gasteiger partial charge in [0, 0.05) is 29.8 Å². The Kier molecular flexibility index (Phi) is 6.78. The van der Waals surface area contributed by atoms with Crippen LogP contribution in [-0.4, -0.2) is 37.4 Å². The number of benzene rings is 2. The highest BCUT2D eigenvalue weighted by atomic mass is 32.2. The number of hydrogen-bond acceptors (Lipinski definition) is 9. The van der Waals surface area contributed by atoms with Crippen LogP contribution in [0.25, 0.3) is 11.4 Å². The second kappa shape index (κ2) is 9.49. The van der Waals surface area contributed by atoms with Gasteiger partial charge >= 0.3 is 0 Å². The lowest BCUT2D eigenvalue weighted by Crippen LogP contribution is -2.14. The molecular weight excluding hydrogens is 411 g/mol. The van der Waals surface area contributed by atoms with Crippen molar-refractivity contribution in [3.05, 3.63) is 53.7 Å². The fourth-order valence-electron chi connectivity index (χ4n) is 2.67. The number of nitrogens with zero attached hydrogens (tertiary/aromatic N) is 2. The summed E-state index contributed by atoms with van der Waals surface area (Å²) in [5, 5.41) is 11.2. The van der Waals surface area contributed by atoms with Gasteiger partial charge < -0.3 is 23.5 Å². The third-order valence-electron chi connectivity index (χ3n) is 4.21. The van der Waals surface area contributed by atoms with Gasteiger partial charge in [-0.1, -0.05) is 5.16 Å². The van der Waals surface area contributed by atoms with E-state index in [0.29, 0.717) is 17.5 Å². The predicted octanol–water partition coefficient (Wildman–Crippen LogP) is 4.63. The molecule has 0 bridgehead atoms. The van der Waals surface area contributed by atoms with E-state index in [9.17, 15) is 4.39 Å². The Labute approximate surface area is 177 Å². The molecule has 0 fully saturated rings. The Balaban J connectivity index is 1.80. The largest absolute Gasteiger partial charge is 0.493 e. The fourth-order valence-corrected chi connectivity index (χ4v) is 3.57. The molecule has 3 aromatic rings. The Morgan fingerprint density at radius 3 is 2.37 bits per heavy atom. The summed E-state index contributed by atoms with van der Waals surface area (Å²) in [7, 11) is 4.27. The van der Waals surface area contributed by atoms with Crippen molar-refractivity contribution in [2.45, 2.75) is 12.2 Å². The molecule has 1 aromatic heterocycles. The summed E-state index contributed by atoms with van der Waals surface area (Å²) in [5.41, 5.74) is 1.78. The van der Waals surface area contributed by atoms with E-state index in [2.05, 4.69) is 14.9 Å². The lowest BCUT2D eigenvalue weighted by Gasteiger charge is -2.20. The summed E-state index contributed by atoms with van der Waals surface area (Å²) >= 11 is 1.13. The zero-order valence-corrected chi connectivity index (χ0v) is 17.7. The van der Waals surface area contributed by atoms with E-state index in [1.54, 1.807) is 6.92 Å². The Bertz CT molecular complexity index is 1030. The summed E-state index contributed by atoms with van der Waals surface area (Å²) in [6.45, 7) is 1.72. The zero-order chi connectivity index (χ0) is 21.7. The van der Waals surface area contributed by atoms with E-state index in [1.807, 2.05) is 24.3 Å². The number of methoxy groups -OCH3 is 3. The molecule has 158 valence electrons. The molecule has 30 heavy (non-hydrogen) atoms. The van der Waals surface area contributed by atoms with E-state index in [-0.39, 0.29) is 17.2 Å². The molecule has 3 rings (SSSR count). The summed E-state index contributed by atoms with van der Waals surface area (Å²) in [6.07, 6.45) is 0. The number of halogens is 1. The van der Waals surface area contributed by atoms with Gasteiger partial charge in [0.15, 0.2) is 17.4 Å². The maximum absolute atomic E-state index is 14.7. The van der Waals surface area contributed by atoms with Gasteiger partial charge in [0.2, 0.25) is 11.7 Å². The lowest BCUT2D eigenvalue weighted by atomic mass is 10.1. The van der Waals surface area contributed by atoms with Gasteiger partial charge in [-0.3, -0.25) is 5.41 Å². The van der Waals surface area contributed by atoms with Crippen LogP contribution in [0, 0.1) is 18.2 Å². The zero-order valence-electron chi connectivity index (χ0n) is 16.9. The molecule has 1 heterocycles. The molecule has 2 N–H and O–H groups in total. The van der Waals surface area contributed by atoms with Gasteiger partial charge in [0.25, 0.3) is 0 Å². The van der Waals surface area contributed by atoms with Crippen molar-refractivity contribution in [2.24, 2.45) is 0 Å². The van der Waals surface area contributed by atoms with Crippen LogP contribution in [0.2, 0.25) is 0 Å². The fraction of sp³-hybridized carbons (Fsp3) is 0.250. The van der Waals surface area contributed by atoms with Crippen molar-refractivity contribution in [3.63, 3.8) is 0 Å². The van der Waals surface area contributed by atoms with Crippen LogP contribution in [0.5, 0.6) is 11.5 Å². The summed E-state index contributed by atoms with van der Waals surface area (Å²) in [5.74, 6) is 0.975. The first-order valence-electron chi connectivity index (χ1n) is 8.83. The Hall–Kier alpha value is -3.27. The number of aryl methyl sites for hydroxylation is 1. The van der Waals surface area contributed by atoms with Gasteiger partial charge in [-0.05, 0) is 42.3 Å².